The van der Waals surface area contributed by atoms with Crippen molar-refractivity contribution in [1.29, 1.82) is 0 Å². The highest BCUT2D eigenvalue weighted by Gasteiger charge is 2.26. The van der Waals surface area contributed by atoms with Gasteiger partial charge in [-0.1, -0.05) is 53.9 Å². The number of hydrogen-bond donors (Lipinski definition) is 1. The molecule has 12 heteroatoms. The number of fused-ring (bicyclic) bond motifs is 1. The molecule has 0 atom stereocenters. The van der Waals surface area contributed by atoms with Crippen molar-refractivity contribution in [3.63, 3.8) is 0 Å². The van der Waals surface area contributed by atoms with Gasteiger partial charge in [0.25, 0.3) is 0 Å². The van der Waals surface area contributed by atoms with Gasteiger partial charge in [0.05, 0.1) is 20.2 Å². The predicted molar refractivity (Wildman–Crippen MR) is 146 cm³/mol. The first kappa shape index (κ1) is 22.8. The average Bonchev–Trinajstić information content (AvgIpc) is 3.70. The number of azo groups is 1. The number of oxazole rings is 1. The van der Waals surface area contributed by atoms with Gasteiger partial charge in [-0.2, -0.15) is 9.78 Å². The molecule has 0 unspecified atom stereocenters. The summed E-state index contributed by atoms with van der Waals surface area (Å²) in [5, 5.41) is 19.3. The van der Waals surface area contributed by atoms with Gasteiger partial charge in [0.2, 0.25) is 0 Å². The number of rotatable bonds is 5. The summed E-state index contributed by atoms with van der Waals surface area (Å²) in [6, 6.07) is 13.6. The van der Waals surface area contributed by atoms with Gasteiger partial charge in [0, 0.05) is 24.0 Å². The van der Waals surface area contributed by atoms with Crippen LogP contribution < -0.4 is 10.1 Å². The Kier molecular flexibility index (Phi) is 6.20. The van der Waals surface area contributed by atoms with Crippen LogP contribution in [0.25, 0.3) is 22.4 Å². The van der Waals surface area contributed by atoms with Gasteiger partial charge in [0.15, 0.2) is 39.1 Å². The van der Waals surface area contributed by atoms with E-state index >= 15 is 0 Å². The molecule has 0 saturated carbocycles. The number of aromatic nitrogens is 3. The van der Waals surface area contributed by atoms with E-state index in [1.807, 2.05) is 47.1 Å². The summed E-state index contributed by atoms with van der Waals surface area (Å²) in [6.07, 6.45) is 0. The molecular formula is C24H22N8O2S2. The second kappa shape index (κ2) is 9.78. The minimum Gasteiger partial charge on any atom is -0.491 e. The molecule has 4 aromatic rings. The van der Waals surface area contributed by atoms with E-state index in [1.54, 1.807) is 37.6 Å². The lowest BCUT2D eigenvalue weighted by Crippen LogP contribution is -2.15. The molecule has 4 heterocycles. The lowest BCUT2D eigenvalue weighted by Gasteiger charge is -2.09. The number of hydrogen-bond acceptors (Lipinski definition) is 11. The summed E-state index contributed by atoms with van der Waals surface area (Å²) in [5.41, 5.74) is 3.97. The number of benzene rings is 2. The molecule has 2 aromatic heterocycles. The average molecular weight is 519 g/mol. The van der Waals surface area contributed by atoms with Crippen molar-refractivity contribution in [3.05, 3.63) is 48.4 Å². The fourth-order valence-corrected chi connectivity index (χ4v) is 5.49. The van der Waals surface area contributed by atoms with Crippen LogP contribution in [0.15, 0.2) is 67.1 Å². The number of nitrogens with one attached hydrogen (secondary N) is 1. The summed E-state index contributed by atoms with van der Waals surface area (Å²) < 4.78 is 13.2. The van der Waals surface area contributed by atoms with E-state index < -0.39 is 0 Å². The van der Waals surface area contributed by atoms with Crippen molar-refractivity contribution in [1.82, 2.24) is 14.8 Å². The lowest BCUT2D eigenvalue weighted by atomic mass is 10.1. The van der Waals surface area contributed by atoms with Crippen LogP contribution in [0, 0.1) is 6.92 Å². The number of thioether (sulfide) groups is 2. The minimum absolute atomic E-state index is 0.478. The summed E-state index contributed by atoms with van der Waals surface area (Å²) in [4.78, 5) is 13.6. The van der Waals surface area contributed by atoms with Gasteiger partial charge < -0.3 is 14.5 Å². The largest absolute Gasteiger partial charge is 0.491 e. The highest BCUT2D eigenvalue weighted by molar-refractivity contribution is 8.14. The Morgan fingerprint density at radius 3 is 2.61 bits per heavy atom. The van der Waals surface area contributed by atoms with Crippen LogP contribution >= 0.6 is 23.5 Å². The fraction of sp³-hybridized carbons (Fsp3) is 0.250. The van der Waals surface area contributed by atoms with Crippen LogP contribution in [0.3, 0.4) is 0 Å². The summed E-state index contributed by atoms with van der Waals surface area (Å²) in [5.74, 6) is 3.56. The molecular weight excluding hydrogens is 496 g/mol. The van der Waals surface area contributed by atoms with Gasteiger partial charge in [-0.05, 0) is 12.1 Å². The Labute approximate surface area is 215 Å². The third kappa shape index (κ3) is 4.26. The second-order valence-electron chi connectivity index (χ2n) is 7.90. The van der Waals surface area contributed by atoms with Crippen LogP contribution in [0.5, 0.6) is 5.75 Å². The first-order valence-electron chi connectivity index (χ1n) is 11.4. The third-order valence-electron chi connectivity index (χ3n) is 5.53. The Hall–Kier alpha value is -3.64. The number of aliphatic imine (C=N–C) groups is 2. The minimum atomic E-state index is 0.478. The third-order valence-corrected chi connectivity index (χ3v) is 7.37. The zero-order chi connectivity index (χ0) is 24.5. The molecule has 10 nitrogen and oxygen atoms in total. The highest BCUT2D eigenvalue weighted by atomic mass is 32.2. The molecule has 0 aliphatic carbocycles. The van der Waals surface area contributed by atoms with Crippen molar-refractivity contribution in [2.75, 3.05) is 37.0 Å². The smallest absolute Gasteiger partial charge is 0.198 e. The van der Waals surface area contributed by atoms with Gasteiger partial charge in [-0.25, -0.2) is 4.98 Å². The van der Waals surface area contributed by atoms with Gasteiger partial charge >= 0.3 is 0 Å². The normalized spacial score (nSPS) is 15.6. The number of aryl methyl sites for hydroxylation is 1. The van der Waals surface area contributed by atoms with Crippen molar-refractivity contribution >= 4 is 62.2 Å². The molecule has 2 aliphatic heterocycles. The standard InChI is InChI=1S/C24H22N8O2S2/c1-14-27-16-8-9-17(20(33-2)21(16)34-14)29-30-19-18(15-6-4-3-5-7-15)31-32(24-26-11-13-36-24)22(19)28-23-25-10-12-35-23/h3-9H,10-13H2,1-2H3,(H,25,28). The van der Waals surface area contributed by atoms with Crippen molar-refractivity contribution in [3.8, 4) is 17.0 Å². The van der Waals surface area contributed by atoms with Crippen molar-refractivity contribution in [2.24, 2.45) is 20.2 Å². The van der Waals surface area contributed by atoms with Crippen LogP contribution in [-0.4, -0.2) is 56.8 Å². The van der Waals surface area contributed by atoms with E-state index in [-0.39, 0.29) is 0 Å². The highest BCUT2D eigenvalue weighted by Crippen LogP contribution is 2.42. The summed E-state index contributed by atoms with van der Waals surface area (Å²) >= 11 is 3.33. The van der Waals surface area contributed by atoms with Crippen LogP contribution in [0.4, 0.5) is 17.2 Å². The molecule has 2 aliphatic rings. The maximum Gasteiger partial charge on any atom is 0.198 e. The van der Waals surface area contributed by atoms with Gasteiger partial charge in [-0.3, -0.25) is 9.98 Å². The number of methoxy groups -OCH3 is 1. The molecule has 0 bridgehead atoms. The van der Waals surface area contributed by atoms with Gasteiger partial charge in [-0.15, -0.1) is 10.2 Å². The van der Waals surface area contributed by atoms with E-state index in [0.717, 1.165) is 40.5 Å². The molecule has 0 amide bonds. The zero-order valence-corrected chi connectivity index (χ0v) is 21.3. The first-order chi connectivity index (χ1) is 17.7. The monoisotopic (exact) mass is 518 g/mol. The molecule has 2 aromatic carbocycles. The quantitative estimate of drug-likeness (QED) is 0.328. The Balaban J connectivity index is 1.52. The van der Waals surface area contributed by atoms with Crippen LogP contribution in [-0.2, 0) is 0 Å². The van der Waals surface area contributed by atoms with E-state index in [4.69, 9.17) is 19.4 Å². The maximum absolute atomic E-state index is 5.76. The Morgan fingerprint density at radius 1 is 1.03 bits per heavy atom. The second-order valence-corrected chi connectivity index (χ2v) is 10.0. The number of amidine groups is 1. The fourth-order valence-electron chi connectivity index (χ4n) is 3.96. The number of ether oxygens (including phenoxy) is 1. The van der Waals surface area contributed by atoms with Crippen molar-refractivity contribution < 1.29 is 9.15 Å². The number of anilines is 1. The molecule has 182 valence electrons. The van der Waals surface area contributed by atoms with Crippen molar-refractivity contribution in [2.45, 2.75) is 6.92 Å². The molecule has 6 rings (SSSR count). The molecule has 0 radical (unpaired) electrons. The van der Waals surface area contributed by atoms with E-state index in [0.29, 0.717) is 45.6 Å². The zero-order valence-electron chi connectivity index (χ0n) is 19.6. The molecule has 0 fully saturated rings. The Bertz CT molecular complexity index is 1520. The summed E-state index contributed by atoms with van der Waals surface area (Å²) in [6.45, 7) is 3.32. The lowest BCUT2D eigenvalue weighted by molar-refractivity contribution is 0.409. The first-order valence-corrected chi connectivity index (χ1v) is 13.3. The van der Waals surface area contributed by atoms with E-state index in [9.17, 15) is 0 Å². The number of nitrogens with zero attached hydrogens (tertiary/aromatic N) is 7. The summed E-state index contributed by atoms with van der Waals surface area (Å²) in [7, 11) is 1.58. The molecule has 0 saturated heterocycles. The van der Waals surface area contributed by atoms with E-state index in [2.05, 4.69) is 25.4 Å². The molecule has 0 spiro atoms. The molecule has 1 N–H and O–H groups in total. The maximum atomic E-state index is 5.76. The predicted octanol–water partition coefficient (Wildman–Crippen LogP) is 5.89. The molecule has 36 heavy (non-hydrogen) atoms. The van der Waals surface area contributed by atoms with E-state index in [1.165, 1.54) is 0 Å². The van der Waals surface area contributed by atoms with Crippen LogP contribution in [0.1, 0.15) is 5.89 Å². The topological polar surface area (TPSA) is 115 Å². The SMILES string of the molecule is COc1c(N=Nc2c(-c3ccccc3)nn(C3=NCCS3)c2NC2=NCCS2)ccc2nc(C)oc12. The van der Waals surface area contributed by atoms with Crippen LogP contribution in [0.2, 0.25) is 0 Å². The van der Waals surface area contributed by atoms with Gasteiger partial charge in [0.1, 0.15) is 16.9 Å². The Morgan fingerprint density at radius 2 is 1.86 bits per heavy atom.